The molecular weight excluding hydrogens is 524 g/mol. The van der Waals surface area contributed by atoms with Gasteiger partial charge in [-0.3, -0.25) is 4.79 Å². The van der Waals surface area contributed by atoms with Crippen molar-refractivity contribution < 1.29 is 24.5 Å². The standard InChI is InChI=1S/C37H52O5/c1-22-15-18-37(32(40)41)20-19-35(6)25(29(37)23(22)2)13-14-28-34(5)21-26(42-31(39)24-11-9-8-10-12-24)30(38)33(3,4)27(34)16-17-36(28,35)7/h8-13,22-23,26-30,38H,14-21H2,1-7H3,(H,40,41)/t22-,23+,26-,27?,28?,29?,30+,34+,35-,36-,37+/m1/s1. The predicted octanol–water partition coefficient (Wildman–Crippen LogP) is 7.93. The van der Waals surface area contributed by atoms with Crippen LogP contribution in [-0.4, -0.2) is 34.4 Å². The highest BCUT2D eigenvalue weighted by atomic mass is 16.6. The van der Waals surface area contributed by atoms with Gasteiger partial charge < -0.3 is 14.9 Å². The lowest BCUT2D eigenvalue weighted by Gasteiger charge is -2.71. The molecular formula is C37H52O5. The number of allylic oxidation sites excluding steroid dienone is 2. The highest BCUT2D eigenvalue weighted by molar-refractivity contribution is 5.89. The van der Waals surface area contributed by atoms with Gasteiger partial charge in [0.05, 0.1) is 17.1 Å². The van der Waals surface area contributed by atoms with Crippen molar-refractivity contribution in [3.63, 3.8) is 0 Å². The number of aliphatic hydroxyl groups excluding tert-OH is 1. The van der Waals surface area contributed by atoms with Gasteiger partial charge in [0.15, 0.2) is 0 Å². The summed E-state index contributed by atoms with van der Waals surface area (Å²) < 4.78 is 6.15. The molecule has 6 rings (SSSR count). The predicted molar refractivity (Wildman–Crippen MR) is 164 cm³/mol. The molecule has 0 spiro atoms. The Hall–Kier alpha value is -2.14. The Kier molecular flexibility index (Phi) is 6.89. The summed E-state index contributed by atoms with van der Waals surface area (Å²) in [7, 11) is 0. The maximum Gasteiger partial charge on any atom is 0.338 e. The fraction of sp³-hybridized carbons (Fsp3) is 0.730. The minimum atomic E-state index is -0.728. The van der Waals surface area contributed by atoms with Crippen LogP contribution in [0.3, 0.4) is 0 Å². The largest absolute Gasteiger partial charge is 0.481 e. The van der Waals surface area contributed by atoms with E-state index in [2.05, 4.69) is 54.5 Å². The SMILES string of the molecule is C[C@@H]1CC[C@]2(C(=O)O)CC[C@]3(C)C(=CCC4[C@@]5(C)C[C@@H](OC(=O)c6ccccc6)[C@H](O)C(C)(C)C5CC[C@]43C)C2[C@H]1C. The summed E-state index contributed by atoms with van der Waals surface area (Å²) in [5, 5.41) is 22.3. The van der Waals surface area contributed by atoms with Gasteiger partial charge in [0, 0.05) is 0 Å². The van der Waals surface area contributed by atoms with Gasteiger partial charge >= 0.3 is 11.9 Å². The van der Waals surface area contributed by atoms with E-state index < -0.39 is 29.0 Å². The zero-order chi connectivity index (χ0) is 30.5. The molecule has 4 fully saturated rings. The molecule has 5 aliphatic carbocycles. The molecule has 5 heteroatoms. The van der Waals surface area contributed by atoms with E-state index in [1.165, 1.54) is 5.57 Å². The first-order valence-electron chi connectivity index (χ1n) is 16.5. The number of carbonyl (C=O) groups is 2. The smallest absolute Gasteiger partial charge is 0.338 e. The fourth-order valence-corrected chi connectivity index (χ4v) is 11.8. The number of carbonyl (C=O) groups excluding carboxylic acids is 1. The Morgan fingerprint density at radius 2 is 1.60 bits per heavy atom. The van der Waals surface area contributed by atoms with Gasteiger partial charge in [-0.2, -0.15) is 0 Å². The summed E-state index contributed by atoms with van der Waals surface area (Å²) in [6.45, 7) is 16.3. The molecule has 230 valence electrons. The molecule has 0 aromatic heterocycles. The summed E-state index contributed by atoms with van der Waals surface area (Å²) in [5.41, 5.74) is 0.692. The fourth-order valence-electron chi connectivity index (χ4n) is 11.8. The van der Waals surface area contributed by atoms with Gasteiger partial charge in [-0.05, 0) is 115 Å². The van der Waals surface area contributed by atoms with Gasteiger partial charge in [0.2, 0.25) is 0 Å². The molecule has 4 saturated carbocycles. The topological polar surface area (TPSA) is 83.8 Å². The third-order valence-electron chi connectivity index (χ3n) is 14.6. The number of fused-ring (bicyclic) bond motifs is 7. The van der Waals surface area contributed by atoms with Crippen molar-refractivity contribution >= 4 is 11.9 Å². The van der Waals surface area contributed by atoms with Crippen molar-refractivity contribution in [1.29, 1.82) is 0 Å². The van der Waals surface area contributed by atoms with Crippen LogP contribution in [0.25, 0.3) is 0 Å². The number of hydrogen-bond acceptors (Lipinski definition) is 4. The number of aliphatic hydroxyl groups is 1. The number of ether oxygens (including phenoxy) is 1. The second-order valence-electron chi connectivity index (χ2n) is 16.4. The van der Waals surface area contributed by atoms with Crippen molar-refractivity contribution in [3.05, 3.63) is 47.5 Å². The normalized spacial score (nSPS) is 47.5. The lowest BCUT2D eigenvalue weighted by Crippen LogP contribution is -2.67. The molecule has 1 aromatic carbocycles. The summed E-state index contributed by atoms with van der Waals surface area (Å²) in [6.07, 6.45) is 8.30. The van der Waals surface area contributed by atoms with E-state index in [9.17, 15) is 19.8 Å². The zero-order valence-corrected chi connectivity index (χ0v) is 26.8. The molecule has 0 amide bonds. The molecule has 0 saturated heterocycles. The van der Waals surface area contributed by atoms with Crippen LogP contribution in [0.4, 0.5) is 0 Å². The Balaban J connectivity index is 1.39. The molecule has 0 aliphatic heterocycles. The van der Waals surface area contributed by atoms with Gasteiger partial charge in [-0.1, -0.05) is 78.3 Å². The van der Waals surface area contributed by atoms with Crippen molar-refractivity contribution in [2.75, 3.05) is 0 Å². The van der Waals surface area contributed by atoms with Crippen LogP contribution in [0.5, 0.6) is 0 Å². The van der Waals surface area contributed by atoms with Crippen molar-refractivity contribution in [2.24, 2.45) is 56.7 Å². The molecule has 0 radical (unpaired) electrons. The van der Waals surface area contributed by atoms with Gasteiger partial charge in [0.25, 0.3) is 0 Å². The van der Waals surface area contributed by atoms with E-state index in [4.69, 9.17) is 4.74 Å². The molecule has 0 bridgehead atoms. The van der Waals surface area contributed by atoms with Crippen LogP contribution in [-0.2, 0) is 9.53 Å². The molecule has 2 N–H and O–H groups in total. The lowest BCUT2D eigenvalue weighted by molar-refractivity contribution is -0.232. The Bertz CT molecular complexity index is 1280. The van der Waals surface area contributed by atoms with Gasteiger partial charge in [-0.15, -0.1) is 0 Å². The molecule has 11 atom stereocenters. The second-order valence-corrected chi connectivity index (χ2v) is 16.4. The first-order valence-corrected chi connectivity index (χ1v) is 16.5. The Morgan fingerprint density at radius 3 is 2.26 bits per heavy atom. The summed E-state index contributed by atoms with van der Waals surface area (Å²) in [5.74, 6) is 0.651. The number of benzene rings is 1. The number of esters is 1. The Morgan fingerprint density at radius 1 is 0.905 bits per heavy atom. The van der Waals surface area contributed by atoms with E-state index in [0.717, 1.165) is 44.9 Å². The molecule has 5 nitrogen and oxygen atoms in total. The first kappa shape index (κ1) is 29.9. The quantitative estimate of drug-likeness (QED) is 0.282. The highest BCUT2D eigenvalue weighted by Gasteiger charge is 2.70. The highest BCUT2D eigenvalue weighted by Crippen LogP contribution is 2.75. The molecule has 3 unspecified atom stereocenters. The number of carboxylic acids is 1. The third kappa shape index (κ3) is 3.83. The molecule has 0 heterocycles. The lowest BCUT2D eigenvalue weighted by atomic mass is 9.33. The third-order valence-corrected chi connectivity index (χ3v) is 14.6. The van der Waals surface area contributed by atoms with Crippen molar-refractivity contribution in [1.82, 2.24) is 0 Å². The monoisotopic (exact) mass is 576 g/mol. The average molecular weight is 577 g/mol. The van der Waals surface area contributed by atoms with E-state index >= 15 is 0 Å². The van der Waals surface area contributed by atoms with Crippen LogP contribution >= 0.6 is 0 Å². The molecule has 1 aromatic rings. The van der Waals surface area contributed by atoms with Gasteiger partial charge in [0.1, 0.15) is 6.10 Å². The molecule has 42 heavy (non-hydrogen) atoms. The Labute approximate surface area is 252 Å². The zero-order valence-electron chi connectivity index (χ0n) is 26.8. The maximum absolute atomic E-state index is 13.2. The molecule has 5 aliphatic rings. The van der Waals surface area contributed by atoms with E-state index in [-0.39, 0.29) is 28.1 Å². The van der Waals surface area contributed by atoms with Crippen molar-refractivity contribution in [2.45, 2.75) is 112 Å². The van der Waals surface area contributed by atoms with Crippen LogP contribution < -0.4 is 0 Å². The number of rotatable bonds is 3. The average Bonchev–Trinajstić information content (AvgIpc) is 2.94. The van der Waals surface area contributed by atoms with E-state index in [1.54, 1.807) is 12.1 Å². The summed E-state index contributed by atoms with van der Waals surface area (Å²) in [4.78, 5) is 26.2. The van der Waals surface area contributed by atoms with Crippen LogP contribution in [0, 0.1) is 56.7 Å². The number of hydrogen-bond donors (Lipinski definition) is 2. The number of aliphatic carboxylic acids is 1. The van der Waals surface area contributed by atoms with Crippen LogP contribution in [0.15, 0.2) is 42.0 Å². The minimum Gasteiger partial charge on any atom is -0.481 e. The van der Waals surface area contributed by atoms with Crippen molar-refractivity contribution in [3.8, 4) is 0 Å². The van der Waals surface area contributed by atoms with Gasteiger partial charge in [-0.25, -0.2) is 4.79 Å². The van der Waals surface area contributed by atoms with E-state index in [1.807, 2.05) is 18.2 Å². The summed E-state index contributed by atoms with van der Waals surface area (Å²) >= 11 is 0. The van der Waals surface area contributed by atoms with Crippen LogP contribution in [0.1, 0.15) is 110 Å². The second kappa shape index (κ2) is 9.68. The minimum absolute atomic E-state index is 0.000235. The van der Waals surface area contributed by atoms with E-state index in [0.29, 0.717) is 35.7 Å². The first-order chi connectivity index (χ1) is 19.6. The van der Waals surface area contributed by atoms with Crippen LogP contribution in [0.2, 0.25) is 0 Å². The number of carboxylic acid groups (broad SMARTS) is 1. The maximum atomic E-state index is 13.2. The summed E-state index contributed by atoms with van der Waals surface area (Å²) in [6, 6.07) is 9.10.